The summed E-state index contributed by atoms with van der Waals surface area (Å²) in [5, 5.41) is 14.2. The normalized spacial score (nSPS) is 10.3. The number of thiophene rings is 1. The molecule has 0 aliphatic heterocycles. The third-order valence-electron chi connectivity index (χ3n) is 2.64. The van der Waals surface area contributed by atoms with Gasteiger partial charge in [-0.3, -0.25) is 0 Å². The number of aromatic nitrogens is 1. The molecule has 2 nitrogen and oxygen atoms in total. The Morgan fingerprint density at radius 1 is 1.18 bits per heavy atom. The maximum Gasteiger partial charge on any atom is 0.101 e. The molecule has 0 spiro atoms. The van der Waals surface area contributed by atoms with Crippen LogP contribution in [0.25, 0.3) is 22.2 Å². The number of rotatable bonds is 1. The average molecular weight is 236 g/mol. The van der Waals surface area contributed by atoms with E-state index in [-0.39, 0.29) is 0 Å². The second-order valence-corrected chi connectivity index (χ2v) is 4.48. The van der Waals surface area contributed by atoms with Gasteiger partial charge in [-0.25, -0.2) is 4.98 Å². The van der Waals surface area contributed by atoms with E-state index < -0.39 is 0 Å². The Morgan fingerprint density at radius 3 is 2.82 bits per heavy atom. The number of benzene rings is 1. The molecule has 0 radical (unpaired) electrons. The van der Waals surface area contributed by atoms with Gasteiger partial charge in [-0.05, 0) is 23.6 Å². The van der Waals surface area contributed by atoms with Gasteiger partial charge in [0.1, 0.15) is 6.07 Å². The molecule has 0 bridgehead atoms. The maximum atomic E-state index is 9.19. The minimum absolute atomic E-state index is 0.627. The second-order valence-electron chi connectivity index (χ2n) is 3.70. The first-order valence-corrected chi connectivity index (χ1v) is 6.15. The van der Waals surface area contributed by atoms with Crippen LogP contribution in [0.4, 0.5) is 0 Å². The molecular formula is C14H8N2S. The number of fused-ring (bicyclic) bond motifs is 1. The van der Waals surface area contributed by atoms with E-state index in [0.29, 0.717) is 5.56 Å². The van der Waals surface area contributed by atoms with Crippen molar-refractivity contribution < 1.29 is 0 Å². The number of nitrogens with zero attached hydrogens (tertiary/aromatic N) is 2. The molecule has 0 saturated carbocycles. The fourth-order valence-corrected chi connectivity index (χ4v) is 2.46. The van der Waals surface area contributed by atoms with Crippen LogP contribution in [-0.4, -0.2) is 4.98 Å². The van der Waals surface area contributed by atoms with Crippen molar-refractivity contribution in [3.8, 4) is 17.3 Å². The Labute approximate surface area is 103 Å². The van der Waals surface area contributed by atoms with Gasteiger partial charge >= 0.3 is 0 Å². The van der Waals surface area contributed by atoms with E-state index >= 15 is 0 Å². The molecule has 0 amide bonds. The van der Waals surface area contributed by atoms with Gasteiger partial charge in [0.05, 0.1) is 16.8 Å². The predicted octanol–water partition coefficient (Wildman–Crippen LogP) is 3.83. The second kappa shape index (κ2) is 4.00. The summed E-state index contributed by atoms with van der Waals surface area (Å²) in [7, 11) is 0. The first-order valence-electron chi connectivity index (χ1n) is 5.21. The number of para-hydroxylation sites is 1. The number of hydrogen-bond donors (Lipinski definition) is 0. The largest absolute Gasteiger partial charge is 0.246 e. The van der Waals surface area contributed by atoms with Gasteiger partial charge in [-0.1, -0.05) is 18.2 Å². The van der Waals surface area contributed by atoms with Gasteiger partial charge in [0, 0.05) is 16.3 Å². The Bertz CT molecular complexity index is 709. The molecular weight excluding hydrogens is 228 g/mol. The highest BCUT2D eigenvalue weighted by Gasteiger charge is 2.08. The summed E-state index contributed by atoms with van der Waals surface area (Å²) in [5.74, 6) is 0. The van der Waals surface area contributed by atoms with Crippen LogP contribution in [-0.2, 0) is 0 Å². The van der Waals surface area contributed by atoms with Crippen molar-refractivity contribution in [3.63, 3.8) is 0 Å². The zero-order chi connectivity index (χ0) is 11.7. The average Bonchev–Trinajstić information content (AvgIpc) is 2.91. The highest BCUT2D eigenvalue weighted by Crippen LogP contribution is 2.26. The lowest BCUT2D eigenvalue weighted by Crippen LogP contribution is -1.89. The fourth-order valence-electron chi connectivity index (χ4n) is 1.82. The summed E-state index contributed by atoms with van der Waals surface area (Å²) in [6, 6.07) is 14.0. The van der Waals surface area contributed by atoms with Crippen LogP contribution in [0.15, 0.2) is 47.2 Å². The summed E-state index contributed by atoms with van der Waals surface area (Å²) >= 11 is 1.61. The molecule has 0 unspecified atom stereocenters. The summed E-state index contributed by atoms with van der Waals surface area (Å²) in [6.07, 6.45) is 0. The van der Waals surface area contributed by atoms with Gasteiger partial charge < -0.3 is 0 Å². The first-order chi connectivity index (χ1) is 8.38. The Hall–Kier alpha value is -2.18. The minimum Gasteiger partial charge on any atom is -0.246 e. The van der Waals surface area contributed by atoms with E-state index in [0.717, 1.165) is 22.2 Å². The Kier molecular flexibility index (Phi) is 2.36. The third-order valence-corrected chi connectivity index (χ3v) is 3.32. The Balaban J connectivity index is 2.34. The number of hydrogen-bond acceptors (Lipinski definition) is 3. The topological polar surface area (TPSA) is 36.7 Å². The van der Waals surface area contributed by atoms with E-state index in [1.54, 1.807) is 11.3 Å². The molecule has 2 heterocycles. The summed E-state index contributed by atoms with van der Waals surface area (Å²) in [4.78, 5) is 4.57. The molecule has 2 aromatic heterocycles. The zero-order valence-electron chi connectivity index (χ0n) is 8.92. The molecule has 0 aliphatic rings. The van der Waals surface area contributed by atoms with Gasteiger partial charge in [0.15, 0.2) is 0 Å². The molecule has 17 heavy (non-hydrogen) atoms. The monoisotopic (exact) mass is 236 g/mol. The van der Waals surface area contributed by atoms with Crippen molar-refractivity contribution in [3.05, 3.63) is 52.7 Å². The van der Waals surface area contributed by atoms with Crippen molar-refractivity contribution in [2.75, 3.05) is 0 Å². The standard InChI is InChI=1S/C14H8N2S/c15-8-12-7-10-3-1-2-4-13(10)16-14(12)11-5-6-17-9-11/h1-7,9H. The first kappa shape index (κ1) is 10.0. The Morgan fingerprint density at radius 2 is 2.06 bits per heavy atom. The lowest BCUT2D eigenvalue weighted by molar-refractivity contribution is 1.37. The molecule has 0 saturated heterocycles. The molecule has 0 aliphatic carbocycles. The van der Waals surface area contributed by atoms with E-state index in [2.05, 4.69) is 11.1 Å². The molecule has 0 atom stereocenters. The van der Waals surface area contributed by atoms with E-state index in [4.69, 9.17) is 0 Å². The van der Waals surface area contributed by atoms with Gasteiger partial charge in [-0.2, -0.15) is 16.6 Å². The van der Waals surface area contributed by atoms with Crippen molar-refractivity contribution in [1.82, 2.24) is 4.98 Å². The van der Waals surface area contributed by atoms with Gasteiger partial charge in [0.2, 0.25) is 0 Å². The van der Waals surface area contributed by atoms with Crippen molar-refractivity contribution >= 4 is 22.2 Å². The minimum atomic E-state index is 0.627. The van der Waals surface area contributed by atoms with E-state index in [9.17, 15) is 5.26 Å². The number of nitriles is 1. The number of pyridine rings is 1. The molecule has 80 valence electrons. The van der Waals surface area contributed by atoms with Crippen molar-refractivity contribution in [2.45, 2.75) is 0 Å². The molecule has 3 aromatic rings. The van der Waals surface area contributed by atoms with Crippen LogP contribution < -0.4 is 0 Å². The van der Waals surface area contributed by atoms with Crippen molar-refractivity contribution in [2.24, 2.45) is 0 Å². The summed E-state index contributed by atoms with van der Waals surface area (Å²) in [5.41, 5.74) is 3.33. The predicted molar refractivity (Wildman–Crippen MR) is 69.8 cm³/mol. The van der Waals surface area contributed by atoms with Crippen LogP contribution in [0.1, 0.15) is 5.56 Å². The lowest BCUT2D eigenvalue weighted by atomic mass is 10.1. The van der Waals surface area contributed by atoms with Crippen LogP contribution in [0.2, 0.25) is 0 Å². The van der Waals surface area contributed by atoms with Crippen LogP contribution in [0.5, 0.6) is 0 Å². The SMILES string of the molecule is N#Cc1cc2ccccc2nc1-c1ccsc1. The fraction of sp³-hybridized carbons (Fsp3) is 0. The van der Waals surface area contributed by atoms with E-state index in [1.807, 2.05) is 47.2 Å². The highest BCUT2D eigenvalue weighted by molar-refractivity contribution is 7.08. The van der Waals surface area contributed by atoms with Crippen LogP contribution >= 0.6 is 11.3 Å². The molecule has 3 heteroatoms. The van der Waals surface area contributed by atoms with Crippen LogP contribution in [0.3, 0.4) is 0 Å². The zero-order valence-corrected chi connectivity index (χ0v) is 9.74. The maximum absolute atomic E-state index is 9.19. The third kappa shape index (κ3) is 1.69. The molecule has 0 fully saturated rings. The van der Waals surface area contributed by atoms with Gasteiger partial charge in [0.25, 0.3) is 0 Å². The molecule has 3 rings (SSSR count). The smallest absolute Gasteiger partial charge is 0.101 e. The van der Waals surface area contributed by atoms with E-state index in [1.165, 1.54) is 0 Å². The summed E-state index contributed by atoms with van der Waals surface area (Å²) < 4.78 is 0. The van der Waals surface area contributed by atoms with Crippen molar-refractivity contribution in [1.29, 1.82) is 5.26 Å². The quantitative estimate of drug-likeness (QED) is 0.643. The molecule has 1 aromatic carbocycles. The van der Waals surface area contributed by atoms with Crippen LogP contribution in [0, 0.1) is 11.3 Å². The summed E-state index contributed by atoms with van der Waals surface area (Å²) in [6.45, 7) is 0. The van der Waals surface area contributed by atoms with Gasteiger partial charge in [-0.15, -0.1) is 0 Å². The lowest BCUT2D eigenvalue weighted by Gasteiger charge is -2.03. The highest BCUT2D eigenvalue weighted by atomic mass is 32.1. The molecule has 0 N–H and O–H groups in total.